The quantitative estimate of drug-likeness (QED) is 0.423. The van der Waals surface area contributed by atoms with Crippen LogP contribution in [0.2, 0.25) is 0 Å². The molecule has 0 fully saturated rings. The molecule has 1 aromatic carbocycles. The molecule has 1 heterocycles. The lowest BCUT2D eigenvalue weighted by Crippen LogP contribution is -2.28. The Balaban J connectivity index is 2.70. The Hall–Kier alpha value is -3.56. The molecule has 10 heteroatoms. The van der Waals surface area contributed by atoms with E-state index in [1.807, 2.05) is 0 Å². The molecule has 0 aromatic heterocycles. The van der Waals surface area contributed by atoms with E-state index in [2.05, 4.69) is 5.32 Å². The zero-order valence-corrected chi connectivity index (χ0v) is 13.2. The van der Waals surface area contributed by atoms with Crippen LogP contribution in [-0.2, 0) is 9.47 Å². The van der Waals surface area contributed by atoms with Gasteiger partial charge in [0.15, 0.2) is 0 Å². The van der Waals surface area contributed by atoms with E-state index < -0.39 is 23.2 Å². The van der Waals surface area contributed by atoms with Gasteiger partial charge < -0.3 is 25.0 Å². The maximum atomic E-state index is 11.3. The van der Waals surface area contributed by atoms with Gasteiger partial charge in [-0.1, -0.05) is 18.2 Å². The van der Waals surface area contributed by atoms with Crippen molar-refractivity contribution < 1.29 is 34.2 Å². The minimum Gasteiger partial charge on any atom is -0.449 e. The summed E-state index contributed by atoms with van der Waals surface area (Å²) in [6.45, 7) is 3.00. The number of nitrogens with zero attached hydrogens (tertiary/aromatic N) is 1. The predicted molar refractivity (Wildman–Crippen MR) is 82.6 cm³/mol. The van der Waals surface area contributed by atoms with Gasteiger partial charge in [-0.05, 0) is 13.8 Å². The maximum Gasteiger partial charge on any atom is 0.511 e. The summed E-state index contributed by atoms with van der Waals surface area (Å²) in [7, 11) is 0. The van der Waals surface area contributed by atoms with E-state index in [1.54, 1.807) is 0 Å². The first-order chi connectivity index (χ1) is 11.7. The van der Waals surface area contributed by atoms with Crippen LogP contribution in [-0.4, -0.2) is 27.4 Å². The highest BCUT2D eigenvalue weighted by Gasteiger charge is 2.38. The second-order valence-electron chi connectivity index (χ2n) is 5.09. The number of allylic oxidation sites excluding steroid dienone is 2. The van der Waals surface area contributed by atoms with Crippen LogP contribution in [0, 0.1) is 10.1 Å². The van der Waals surface area contributed by atoms with Crippen molar-refractivity contribution in [1.82, 2.24) is 5.32 Å². The largest absolute Gasteiger partial charge is 0.511 e. The van der Waals surface area contributed by atoms with Gasteiger partial charge in [0.2, 0.25) is 0 Å². The monoisotopic (exact) mass is 350 g/mol. The third-order valence-corrected chi connectivity index (χ3v) is 3.48. The van der Waals surface area contributed by atoms with Gasteiger partial charge in [0, 0.05) is 11.6 Å². The van der Waals surface area contributed by atoms with E-state index in [9.17, 15) is 19.7 Å². The van der Waals surface area contributed by atoms with E-state index in [0.29, 0.717) is 0 Å². The number of ether oxygens (including phenoxy) is 2. The number of carboxylic acid groups (broad SMARTS) is 2. The number of nitrogens with one attached hydrogen (secondary N) is 1. The number of para-hydroxylation sites is 1. The van der Waals surface area contributed by atoms with E-state index in [0.717, 1.165) is 0 Å². The highest BCUT2D eigenvalue weighted by molar-refractivity contribution is 5.63. The molecule has 0 saturated carbocycles. The van der Waals surface area contributed by atoms with Crippen LogP contribution >= 0.6 is 0 Å². The van der Waals surface area contributed by atoms with Crippen molar-refractivity contribution in [3.05, 3.63) is 62.9 Å². The molecule has 132 valence electrons. The smallest absolute Gasteiger partial charge is 0.449 e. The fraction of sp³-hybridized carbons (Fsp3) is 0.200. The third kappa shape index (κ3) is 3.68. The first-order valence-electron chi connectivity index (χ1n) is 6.95. The number of nitro groups is 1. The summed E-state index contributed by atoms with van der Waals surface area (Å²) < 4.78 is 9.54. The van der Waals surface area contributed by atoms with Crippen LogP contribution in [0.1, 0.15) is 25.3 Å². The van der Waals surface area contributed by atoms with E-state index >= 15 is 0 Å². The van der Waals surface area contributed by atoms with Gasteiger partial charge in [0.1, 0.15) is 17.4 Å². The van der Waals surface area contributed by atoms with Gasteiger partial charge in [-0.15, -0.1) is 0 Å². The highest BCUT2D eigenvalue weighted by Crippen LogP contribution is 2.42. The van der Waals surface area contributed by atoms with Gasteiger partial charge >= 0.3 is 12.3 Å². The number of carbonyl (C=O) groups is 2. The third-order valence-electron chi connectivity index (χ3n) is 3.48. The Kier molecular flexibility index (Phi) is 4.92. The number of hydrogen-bond acceptors (Lipinski definition) is 7. The van der Waals surface area contributed by atoms with Crippen molar-refractivity contribution in [2.45, 2.75) is 19.8 Å². The molecule has 0 amide bonds. The van der Waals surface area contributed by atoms with Crippen molar-refractivity contribution >= 4 is 18.0 Å². The summed E-state index contributed by atoms with van der Waals surface area (Å²) in [5.41, 5.74) is 0.245. The molecule has 1 aromatic rings. The van der Waals surface area contributed by atoms with E-state index in [-0.39, 0.29) is 34.2 Å². The minimum atomic E-state index is -1.64. The Bertz CT molecular complexity index is 774. The molecule has 0 unspecified atom stereocenters. The van der Waals surface area contributed by atoms with Gasteiger partial charge in [0.25, 0.3) is 5.69 Å². The zero-order valence-electron chi connectivity index (χ0n) is 13.2. The number of nitro benzene ring substituents is 1. The zero-order chi connectivity index (χ0) is 18.7. The molecule has 0 radical (unpaired) electrons. The number of hydrogen-bond donors (Lipinski definition) is 3. The first kappa shape index (κ1) is 17.8. The molecule has 0 aliphatic carbocycles. The van der Waals surface area contributed by atoms with Crippen molar-refractivity contribution in [3.63, 3.8) is 0 Å². The summed E-state index contributed by atoms with van der Waals surface area (Å²) in [6, 6.07) is 5.54. The van der Waals surface area contributed by atoms with Gasteiger partial charge in [0.05, 0.1) is 16.3 Å². The minimum absolute atomic E-state index is 0.0419. The summed E-state index contributed by atoms with van der Waals surface area (Å²) in [5.74, 6) is -1.62. The molecule has 0 bridgehead atoms. The molecule has 1 aliphatic rings. The Morgan fingerprint density at radius 2 is 1.56 bits per heavy atom. The maximum absolute atomic E-state index is 11.3. The molecule has 25 heavy (non-hydrogen) atoms. The molecular formula is C15H14N2O8. The van der Waals surface area contributed by atoms with Crippen molar-refractivity contribution in [2.24, 2.45) is 0 Å². The van der Waals surface area contributed by atoms with Gasteiger partial charge in [-0.2, -0.15) is 0 Å². The van der Waals surface area contributed by atoms with Gasteiger partial charge in [-0.3, -0.25) is 10.1 Å². The van der Waals surface area contributed by atoms with Crippen LogP contribution < -0.4 is 5.32 Å². The predicted octanol–water partition coefficient (Wildman–Crippen LogP) is 3.13. The van der Waals surface area contributed by atoms with Crippen LogP contribution in [0.25, 0.3) is 0 Å². The molecule has 0 saturated heterocycles. The second-order valence-corrected chi connectivity index (χ2v) is 5.09. The fourth-order valence-corrected chi connectivity index (χ4v) is 2.60. The average Bonchev–Trinajstić information content (AvgIpc) is 2.51. The average molecular weight is 350 g/mol. The van der Waals surface area contributed by atoms with Crippen LogP contribution in [0.3, 0.4) is 0 Å². The lowest BCUT2D eigenvalue weighted by molar-refractivity contribution is -0.385. The van der Waals surface area contributed by atoms with E-state index in [1.165, 1.54) is 38.1 Å². The summed E-state index contributed by atoms with van der Waals surface area (Å²) >= 11 is 0. The summed E-state index contributed by atoms with van der Waals surface area (Å²) in [6.07, 6.45) is -3.29. The van der Waals surface area contributed by atoms with Crippen LogP contribution in [0.15, 0.2) is 47.2 Å². The van der Waals surface area contributed by atoms with Crippen LogP contribution in [0.5, 0.6) is 0 Å². The van der Waals surface area contributed by atoms with Gasteiger partial charge in [-0.25, -0.2) is 9.59 Å². The molecule has 0 spiro atoms. The molecule has 1 aliphatic heterocycles. The Morgan fingerprint density at radius 1 is 1.08 bits per heavy atom. The number of rotatable bonds is 4. The molecule has 2 rings (SSSR count). The first-order valence-corrected chi connectivity index (χ1v) is 6.95. The van der Waals surface area contributed by atoms with Crippen LogP contribution in [0.4, 0.5) is 15.3 Å². The standard InChI is InChI=1S/C15H14N2O8/c1-7-12(24-14(18)19)11(13(8(2)16-7)25-15(20)21)9-5-3-4-6-10(9)17(22)23/h3-6,11,16H,1-2H3,(H,18,19)(H,20,21). The van der Waals surface area contributed by atoms with Crippen molar-refractivity contribution in [3.8, 4) is 0 Å². The SMILES string of the molecule is CC1=C(OC(=O)O)C(c2ccccc2[N+](=O)[O-])C(OC(=O)O)=C(C)N1. The number of benzene rings is 1. The molecular weight excluding hydrogens is 336 g/mol. The fourth-order valence-electron chi connectivity index (χ4n) is 2.60. The Morgan fingerprint density at radius 3 is 2.00 bits per heavy atom. The summed E-state index contributed by atoms with van der Waals surface area (Å²) in [4.78, 5) is 32.7. The van der Waals surface area contributed by atoms with Crippen molar-refractivity contribution in [1.29, 1.82) is 0 Å². The number of dihydropyridines is 1. The lowest BCUT2D eigenvalue weighted by Gasteiger charge is -2.29. The van der Waals surface area contributed by atoms with Crippen molar-refractivity contribution in [2.75, 3.05) is 0 Å². The second kappa shape index (κ2) is 6.91. The highest BCUT2D eigenvalue weighted by atomic mass is 16.7. The Labute approximate surface area is 141 Å². The van der Waals surface area contributed by atoms with E-state index in [4.69, 9.17) is 19.7 Å². The topological polar surface area (TPSA) is 148 Å². The lowest BCUT2D eigenvalue weighted by atomic mass is 9.89. The normalized spacial score (nSPS) is 14.8. The molecule has 3 N–H and O–H groups in total. The molecule has 0 atom stereocenters. The molecule has 10 nitrogen and oxygen atoms in total. The summed E-state index contributed by atoms with van der Waals surface area (Å²) in [5, 5.41) is 32.0.